The van der Waals surface area contributed by atoms with Crippen LogP contribution in [0.25, 0.3) is 0 Å². The molecule has 0 radical (unpaired) electrons. The van der Waals surface area contributed by atoms with Gasteiger partial charge >= 0.3 is 5.97 Å². The van der Waals surface area contributed by atoms with E-state index in [0.717, 1.165) is 0 Å². The van der Waals surface area contributed by atoms with Gasteiger partial charge in [0.05, 0.1) is 12.7 Å². The lowest BCUT2D eigenvalue weighted by Crippen LogP contribution is -2.00. The molecule has 0 aromatic heterocycles. The highest BCUT2D eigenvalue weighted by atomic mass is 16.5. The molecule has 0 spiro atoms. The van der Waals surface area contributed by atoms with Gasteiger partial charge in [-0.25, -0.2) is 4.79 Å². The van der Waals surface area contributed by atoms with Crippen LogP contribution in [0, 0.1) is 12.3 Å². The van der Waals surface area contributed by atoms with E-state index in [2.05, 4.69) is 23.8 Å². The lowest BCUT2D eigenvalue weighted by molar-refractivity contribution is -0.135. The van der Waals surface area contributed by atoms with Crippen molar-refractivity contribution >= 4 is 5.97 Å². The summed E-state index contributed by atoms with van der Waals surface area (Å²) in [4.78, 5) is 10.8. The summed E-state index contributed by atoms with van der Waals surface area (Å²) >= 11 is 0. The maximum atomic E-state index is 10.8. The number of hydrogen-bond acceptors (Lipinski definition) is 2. The fourth-order valence-corrected chi connectivity index (χ4v) is 0.448. The Bertz CT molecular complexity index is 277. The summed E-state index contributed by atoms with van der Waals surface area (Å²) in [5.41, 5.74) is 0.731. The third-order valence-corrected chi connectivity index (χ3v) is 1.12. The normalized spacial score (nSPS) is 9.00. The van der Waals surface area contributed by atoms with Crippen molar-refractivity contribution in [2.24, 2.45) is 0 Å². The molecule has 0 aliphatic rings. The average Bonchev–Trinajstić information content (AvgIpc) is 2.11. The Morgan fingerprint density at radius 2 is 2.08 bits per heavy atom. The van der Waals surface area contributed by atoms with Crippen LogP contribution in [0.4, 0.5) is 0 Å². The van der Waals surface area contributed by atoms with Crippen LogP contribution in [0.15, 0.2) is 36.5 Å². The Morgan fingerprint density at radius 3 is 2.50 bits per heavy atom. The van der Waals surface area contributed by atoms with Crippen molar-refractivity contribution in [3.63, 3.8) is 0 Å². The third-order valence-electron chi connectivity index (χ3n) is 1.12. The number of carbonyl (C=O) groups is 1. The van der Waals surface area contributed by atoms with Gasteiger partial charge in [0.2, 0.25) is 0 Å². The molecule has 2 nitrogen and oxygen atoms in total. The van der Waals surface area contributed by atoms with Crippen LogP contribution in [0.2, 0.25) is 0 Å². The third kappa shape index (κ3) is 3.43. The molecule has 0 heterocycles. The maximum absolute atomic E-state index is 10.8. The molecule has 62 valence electrons. The molecule has 0 saturated heterocycles. The van der Waals surface area contributed by atoms with E-state index in [4.69, 9.17) is 6.42 Å². The zero-order chi connectivity index (χ0) is 9.56. The summed E-state index contributed by atoms with van der Waals surface area (Å²) in [6.07, 6.45) is 8.01. The smallest absolute Gasteiger partial charge is 0.337 e. The van der Waals surface area contributed by atoms with Crippen LogP contribution >= 0.6 is 0 Å². The molecule has 2 heteroatoms. The first kappa shape index (κ1) is 10.2. The summed E-state index contributed by atoms with van der Waals surface area (Å²) in [6.45, 7) is 6.97. The topological polar surface area (TPSA) is 26.3 Å². The van der Waals surface area contributed by atoms with Crippen molar-refractivity contribution < 1.29 is 9.53 Å². The second kappa shape index (κ2) is 4.97. The van der Waals surface area contributed by atoms with Gasteiger partial charge in [0.25, 0.3) is 0 Å². The van der Waals surface area contributed by atoms with E-state index in [1.165, 1.54) is 19.3 Å². The summed E-state index contributed by atoms with van der Waals surface area (Å²) < 4.78 is 4.41. The Hall–Kier alpha value is -1.75. The molecule has 0 unspecified atom stereocenters. The standard InChI is InChI=1S/C10H10O2/c1-5-8(2)6-7-9(3)10(11)12-4/h1,6-7H,2-3H2,4H3/b7-6-. The monoisotopic (exact) mass is 162 g/mol. The summed E-state index contributed by atoms with van der Waals surface area (Å²) in [6, 6.07) is 0. The molecule has 0 aliphatic carbocycles. The number of carbonyl (C=O) groups excluding carboxylic acids is 1. The molecule has 0 aliphatic heterocycles. The minimum atomic E-state index is -0.476. The van der Waals surface area contributed by atoms with Gasteiger partial charge in [0.1, 0.15) is 0 Å². The minimum absolute atomic E-state index is 0.244. The lowest BCUT2D eigenvalue weighted by atomic mass is 10.2. The zero-order valence-electron chi connectivity index (χ0n) is 6.96. The van der Waals surface area contributed by atoms with Crippen LogP contribution in [0.5, 0.6) is 0 Å². The van der Waals surface area contributed by atoms with Gasteiger partial charge in [-0.2, -0.15) is 0 Å². The van der Waals surface area contributed by atoms with E-state index in [0.29, 0.717) is 5.57 Å². The van der Waals surface area contributed by atoms with Gasteiger partial charge in [-0.1, -0.05) is 19.1 Å². The molecule has 0 fully saturated rings. The van der Waals surface area contributed by atoms with E-state index >= 15 is 0 Å². The van der Waals surface area contributed by atoms with Crippen molar-refractivity contribution in [2.75, 3.05) is 7.11 Å². The zero-order valence-corrected chi connectivity index (χ0v) is 6.96. The van der Waals surface area contributed by atoms with Crippen molar-refractivity contribution in [3.8, 4) is 12.3 Å². The highest BCUT2D eigenvalue weighted by Crippen LogP contribution is 1.98. The molecule has 0 amide bonds. The van der Waals surface area contributed by atoms with Gasteiger partial charge in [-0.3, -0.25) is 0 Å². The van der Waals surface area contributed by atoms with E-state index in [1.54, 1.807) is 0 Å². The summed E-state index contributed by atoms with van der Waals surface area (Å²) in [5.74, 6) is 1.83. The number of ether oxygens (including phenoxy) is 1. The Balaban J connectivity index is 4.20. The molecule has 0 aromatic carbocycles. The maximum Gasteiger partial charge on any atom is 0.337 e. The minimum Gasteiger partial charge on any atom is -0.465 e. The number of esters is 1. The summed E-state index contributed by atoms with van der Waals surface area (Å²) in [7, 11) is 1.29. The van der Waals surface area contributed by atoms with E-state index in [-0.39, 0.29) is 5.57 Å². The van der Waals surface area contributed by atoms with Crippen LogP contribution in [-0.4, -0.2) is 13.1 Å². The number of rotatable bonds is 3. The number of terminal acetylenes is 1. The highest BCUT2D eigenvalue weighted by Gasteiger charge is 2.00. The van der Waals surface area contributed by atoms with E-state index < -0.39 is 5.97 Å². The Kier molecular flexibility index (Phi) is 4.25. The fraction of sp³-hybridized carbons (Fsp3) is 0.100. The van der Waals surface area contributed by atoms with Crippen LogP contribution in [-0.2, 0) is 9.53 Å². The quantitative estimate of drug-likeness (QED) is 0.272. The van der Waals surface area contributed by atoms with Crippen LogP contribution in [0.1, 0.15) is 0 Å². The first-order valence-corrected chi connectivity index (χ1v) is 3.22. The van der Waals surface area contributed by atoms with E-state index in [1.807, 2.05) is 0 Å². The van der Waals surface area contributed by atoms with Gasteiger partial charge in [0, 0.05) is 5.57 Å². The van der Waals surface area contributed by atoms with Crippen molar-refractivity contribution in [1.82, 2.24) is 0 Å². The van der Waals surface area contributed by atoms with Gasteiger partial charge < -0.3 is 4.74 Å². The van der Waals surface area contributed by atoms with Gasteiger partial charge in [0.15, 0.2) is 0 Å². The Morgan fingerprint density at radius 1 is 1.50 bits per heavy atom. The predicted molar refractivity (Wildman–Crippen MR) is 48.3 cm³/mol. The summed E-state index contributed by atoms with van der Waals surface area (Å²) in [5, 5.41) is 0. The first-order valence-electron chi connectivity index (χ1n) is 3.22. The largest absolute Gasteiger partial charge is 0.465 e. The second-order valence-corrected chi connectivity index (χ2v) is 2.02. The molecular weight excluding hydrogens is 152 g/mol. The van der Waals surface area contributed by atoms with Crippen molar-refractivity contribution in [3.05, 3.63) is 36.5 Å². The molecule has 0 atom stereocenters. The molecule has 0 aromatic rings. The average molecular weight is 162 g/mol. The molecular formula is C10H10O2. The van der Waals surface area contributed by atoms with Crippen molar-refractivity contribution in [1.29, 1.82) is 0 Å². The number of methoxy groups -OCH3 is 1. The Labute approximate surface area is 72.2 Å². The van der Waals surface area contributed by atoms with Crippen LogP contribution in [0.3, 0.4) is 0 Å². The number of allylic oxidation sites excluding steroid dienone is 2. The number of hydrogen-bond donors (Lipinski definition) is 0. The molecule has 0 N–H and O–H groups in total. The first-order chi connectivity index (χ1) is 5.61. The fourth-order valence-electron chi connectivity index (χ4n) is 0.448. The van der Waals surface area contributed by atoms with Gasteiger partial charge in [-0.15, -0.1) is 6.42 Å². The van der Waals surface area contributed by atoms with Crippen molar-refractivity contribution in [2.45, 2.75) is 0 Å². The van der Waals surface area contributed by atoms with Gasteiger partial charge in [-0.05, 0) is 12.2 Å². The molecule has 0 rings (SSSR count). The van der Waals surface area contributed by atoms with E-state index in [9.17, 15) is 4.79 Å². The lowest BCUT2D eigenvalue weighted by Gasteiger charge is -1.95. The van der Waals surface area contributed by atoms with Crippen LogP contribution < -0.4 is 0 Å². The predicted octanol–water partition coefficient (Wildman–Crippen LogP) is 1.46. The highest BCUT2D eigenvalue weighted by molar-refractivity contribution is 5.90. The molecule has 0 bridgehead atoms. The second-order valence-electron chi connectivity index (χ2n) is 2.02. The molecule has 12 heavy (non-hydrogen) atoms. The SMILES string of the molecule is C#CC(=C)/C=C\C(=C)C(=O)OC. The molecule has 0 saturated carbocycles.